The minimum Gasteiger partial charge on any atom is -0.383 e. The van der Waals surface area contributed by atoms with Crippen molar-refractivity contribution in [2.45, 2.75) is 52.1 Å². The predicted molar refractivity (Wildman–Crippen MR) is 124 cm³/mol. The number of likely N-dealkylation sites (tertiary alicyclic amines) is 1. The summed E-state index contributed by atoms with van der Waals surface area (Å²) in [7, 11) is 3.85. The summed E-state index contributed by atoms with van der Waals surface area (Å²) in [6.07, 6.45) is 5.55. The van der Waals surface area contributed by atoms with Gasteiger partial charge >= 0.3 is 0 Å². The Morgan fingerprint density at radius 1 is 1.10 bits per heavy atom. The number of anilines is 1. The van der Waals surface area contributed by atoms with Crippen LogP contribution in [0.2, 0.25) is 0 Å². The Balaban J connectivity index is 1.61. The molecule has 2 aliphatic heterocycles. The normalized spacial score (nSPS) is 20.5. The molecule has 2 fully saturated rings. The van der Waals surface area contributed by atoms with Crippen LogP contribution >= 0.6 is 0 Å². The summed E-state index contributed by atoms with van der Waals surface area (Å²) in [6, 6.07) is 7.19. The second kappa shape index (κ2) is 10.4. The molecule has 0 bridgehead atoms. The maximum atomic E-state index is 12.7. The third-order valence-electron chi connectivity index (χ3n) is 6.38. The first kappa shape index (κ1) is 22.8. The molecule has 3 rings (SSSR count). The van der Waals surface area contributed by atoms with E-state index in [0.29, 0.717) is 23.4 Å². The van der Waals surface area contributed by atoms with Crippen molar-refractivity contribution in [2.24, 2.45) is 0 Å². The van der Waals surface area contributed by atoms with Gasteiger partial charge in [0.15, 0.2) is 0 Å². The number of rotatable bonds is 6. The van der Waals surface area contributed by atoms with Crippen LogP contribution in [-0.2, 0) is 0 Å². The quantitative estimate of drug-likeness (QED) is 0.527. The highest BCUT2D eigenvalue weighted by Gasteiger charge is 2.27. The first-order chi connectivity index (χ1) is 14.3. The van der Waals surface area contributed by atoms with Crippen molar-refractivity contribution in [2.75, 3.05) is 58.3 Å². The van der Waals surface area contributed by atoms with Gasteiger partial charge < -0.3 is 14.7 Å². The average molecular weight is 414 g/mol. The van der Waals surface area contributed by atoms with Gasteiger partial charge in [-0.1, -0.05) is 6.07 Å². The maximum absolute atomic E-state index is 12.7. The predicted octanol–water partition coefficient (Wildman–Crippen LogP) is 3.11. The number of allylic oxidation sites excluding steroid dienone is 1. The molecule has 0 aromatic carbocycles. The molecule has 6 heteroatoms. The fourth-order valence-corrected chi connectivity index (χ4v) is 4.67. The summed E-state index contributed by atoms with van der Waals surface area (Å²) in [6.45, 7) is 13.1. The summed E-state index contributed by atoms with van der Waals surface area (Å²) in [5.74, 6) is 0.925. The molecule has 0 amide bonds. The van der Waals surface area contributed by atoms with Crippen LogP contribution in [-0.4, -0.2) is 90.9 Å². The third kappa shape index (κ3) is 5.82. The van der Waals surface area contributed by atoms with Crippen LogP contribution in [0.3, 0.4) is 0 Å². The van der Waals surface area contributed by atoms with E-state index in [-0.39, 0.29) is 5.78 Å². The molecule has 0 atom stereocenters. The molecular weight excluding hydrogens is 374 g/mol. The number of aromatic nitrogens is 1. The number of Topliss-reactive ketones (excluding diaryl/α,β-unsaturated/α-hetero) is 1. The highest BCUT2D eigenvalue weighted by Crippen LogP contribution is 2.22. The number of carbonyl (C=O) groups is 1. The van der Waals surface area contributed by atoms with Crippen LogP contribution in [0.1, 0.15) is 50.5 Å². The molecule has 30 heavy (non-hydrogen) atoms. The molecule has 2 aliphatic rings. The lowest BCUT2D eigenvalue weighted by Gasteiger charge is -2.39. The fraction of sp³-hybridized carbons (Fsp3) is 0.667. The number of hydrogen-bond donors (Lipinski definition) is 0. The van der Waals surface area contributed by atoms with Crippen molar-refractivity contribution in [1.82, 2.24) is 19.7 Å². The molecule has 3 heterocycles. The fourth-order valence-electron chi connectivity index (χ4n) is 4.67. The zero-order chi connectivity index (χ0) is 21.7. The largest absolute Gasteiger partial charge is 0.383 e. The van der Waals surface area contributed by atoms with Gasteiger partial charge in [0.05, 0.1) is 0 Å². The first-order valence-electron chi connectivity index (χ1n) is 11.4. The van der Waals surface area contributed by atoms with Crippen molar-refractivity contribution >= 4 is 11.6 Å². The van der Waals surface area contributed by atoms with Crippen LogP contribution < -0.4 is 4.90 Å². The molecule has 166 valence electrons. The summed E-state index contributed by atoms with van der Waals surface area (Å²) in [5.41, 5.74) is 1.24. The van der Waals surface area contributed by atoms with Crippen molar-refractivity contribution in [1.29, 1.82) is 0 Å². The highest BCUT2D eigenvalue weighted by molar-refractivity contribution is 6.07. The van der Waals surface area contributed by atoms with Gasteiger partial charge in [-0.05, 0) is 65.3 Å². The van der Waals surface area contributed by atoms with Crippen molar-refractivity contribution in [3.63, 3.8) is 0 Å². The van der Waals surface area contributed by atoms with E-state index < -0.39 is 0 Å². The molecule has 0 aliphatic carbocycles. The van der Waals surface area contributed by atoms with E-state index in [1.807, 2.05) is 50.3 Å². The van der Waals surface area contributed by atoms with Gasteiger partial charge in [0.2, 0.25) is 5.78 Å². The van der Waals surface area contributed by atoms with E-state index in [9.17, 15) is 4.79 Å². The number of ketones is 1. The molecule has 0 unspecified atom stereocenters. The van der Waals surface area contributed by atoms with Crippen LogP contribution in [0.5, 0.6) is 0 Å². The Kier molecular flexibility index (Phi) is 7.89. The van der Waals surface area contributed by atoms with Crippen molar-refractivity contribution in [3.05, 3.63) is 35.7 Å². The lowest BCUT2D eigenvalue weighted by Crippen LogP contribution is -2.47. The Morgan fingerprint density at radius 2 is 1.83 bits per heavy atom. The Hall–Kier alpha value is -1.92. The molecule has 1 aromatic heterocycles. The zero-order valence-corrected chi connectivity index (χ0v) is 19.5. The topological polar surface area (TPSA) is 42.9 Å². The summed E-state index contributed by atoms with van der Waals surface area (Å²) >= 11 is 0. The molecule has 1 aromatic rings. The Morgan fingerprint density at radius 3 is 2.50 bits per heavy atom. The minimum atomic E-state index is -0.00101. The van der Waals surface area contributed by atoms with Gasteiger partial charge in [-0.15, -0.1) is 0 Å². The smallest absolute Gasteiger partial charge is 0.208 e. The van der Waals surface area contributed by atoms with Gasteiger partial charge in [-0.3, -0.25) is 9.69 Å². The number of carbonyl (C=O) groups excluding carboxylic acids is 1. The number of hydrogen-bond acceptors (Lipinski definition) is 6. The monoisotopic (exact) mass is 413 g/mol. The summed E-state index contributed by atoms with van der Waals surface area (Å²) in [5, 5.41) is 0. The Bertz CT molecular complexity index is 737. The lowest BCUT2D eigenvalue weighted by molar-refractivity contribution is 0.0965. The number of piperidine rings is 1. The van der Waals surface area contributed by atoms with Gasteiger partial charge in [0, 0.05) is 64.1 Å². The van der Waals surface area contributed by atoms with E-state index in [0.717, 1.165) is 38.4 Å². The standard InChI is InChI=1S/C24H39N5O/c1-19(2)27-14-10-21(11-15-27)28-12-7-13-29(17-16-28)23-9-6-8-22(25-23)24(30)20(3)18-26(4)5/h6,8-9,18-19,21H,7,10-17H2,1-5H3. The van der Waals surface area contributed by atoms with E-state index in [1.54, 1.807) is 0 Å². The second-order valence-electron chi connectivity index (χ2n) is 9.22. The van der Waals surface area contributed by atoms with Crippen LogP contribution in [0.15, 0.2) is 30.0 Å². The molecule has 0 spiro atoms. The SMILES string of the molecule is CC(=CN(C)C)C(=O)c1cccc(N2CCCN(C3CCN(C(C)C)CC3)CC2)n1. The zero-order valence-electron chi connectivity index (χ0n) is 19.5. The number of pyridine rings is 1. The molecule has 0 saturated carbocycles. The number of nitrogens with zero attached hydrogens (tertiary/aromatic N) is 5. The van der Waals surface area contributed by atoms with Gasteiger partial charge in [0.1, 0.15) is 11.5 Å². The second-order valence-corrected chi connectivity index (χ2v) is 9.22. The molecular formula is C24H39N5O. The lowest BCUT2D eigenvalue weighted by atomic mass is 10.0. The van der Waals surface area contributed by atoms with Gasteiger partial charge in [-0.2, -0.15) is 0 Å². The first-order valence-corrected chi connectivity index (χ1v) is 11.4. The van der Waals surface area contributed by atoms with Crippen molar-refractivity contribution < 1.29 is 4.79 Å². The minimum absolute atomic E-state index is 0.00101. The maximum Gasteiger partial charge on any atom is 0.208 e. The Labute approximate surface area is 182 Å². The molecule has 0 radical (unpaired) electrons. The van der Waals surface area contributed by atoms with Gasteiger partial charge in [-0.25, -0.2) is 4.98 Å². The van der Waals surface area contributed by atoms with E-state index >= 15 is 0 Å². The van der Waals surface area contributed by atoms with Crippen LogP contribution in [0.4, 0.5) is 5.82 Å². The summed E-state index contributed by atoms with van der Waals surface area (Å²) in [4.78, 5) is 27.0. The molecule has 2 saturated heterocycles. The average Bonchev–Trinajstić information content (AvgIpc) is 2.99. The van der Waals surface area contributed by atoms with Gasteiger partial charge in [0.25, 0.3) is 0 Å². The van der Waals surface area contributed by atoms with Crippen LogP contribution in [0, 0.1) is 0 Å². The van der Waals surface area contributed by atoms with E-state index in [1.165, 1.54) is 25.9 Å². The highest BCUT2D eigenvalue weighted by atomic mass is 16.1. The van der Waals surface area contributed by atoms with Crippen molar-refractivity contribution in [3.8, 4) is 0 Å². The van der Waals surface area contributed by atoms with E-state index in [4.69, 9.17) is 4.98 Å². The third-order valence-corrected chi connectivity index (χ3v) is 6.38. The van der Waals surface area contributed by atoms with E-state index in [2.05, 4.69) is 28.5 Å². The van der Waals surface area contributed by atoms with Crippen LogP contribution in [0.25, 0.3) is 0 Å². The molecule has 0 N–H and O–H groups in total. The summed E-state index contributed by atoms with van der Waals surface area (Å²) < 4.78 is 0. The molecule has 6 nitrogen and oxygen atoms in total.